The van der Waals surface area contributed by atoms with Gasteiger partial charge in [0, 0.05) is 5.56 Å². The van der Waals surface area contributed by atoms with Crippen molar-refractivity contribution in [3.63, 3.8) is 0 Å². The minimum Gasteiger partial charge on any atom is -0.491 e. The molecule has 4 rings (SSSR count). The first-order chi connectivity index (χ1) is 12.3. The summed E-state index contributed by atoms with van der Waals surface area (Å²) in [5.74, 6) is -2.33. The van der Waals surface area contributed by atoms with E-state index in [2.05, 4.69) is 0 Å². The molecule has 0 aromatic heterocycles. The van der Waals surface area contributed by atoms with Crippen LogP contribution in [0.15, 0.2) is 24.3 Å². The topological polar surface area (TPSA) is 110 Å². The largest absolute Gasteiger partial charge is 0.491 e. The maximum absolute atomic E-state index is 11.2. The molecule has 26 heavy (non-hydrogen) atoms. The maximum Gasteiger partial charge on any atom is 0.222 e. The Morgan fingerprint density at radius 3 is 2.46 bits per heavy atom. The highest BCUT2D eigenvalue weighted by molar-refractivity contribution is 5.31. The number of epoxide rings is 1. The van der Waals surface area contributed by atoms with E-state index in [0.29, 0.717) is 24.5 Å². The van der Waals surface area contributed by atoms with Crippen LogP contribution in [0.3, 0.4) is 0 Å². The molecule has 3 saturated heterocycles. The monoisotopic (exact) mass is 368 g/mol. The van der Waals surface area contributed by atoms with Crippen LogP contribution in [0.4, 0.5) is 0 Å². The van der Waals surface area contributed by atoms with Crippen molar-refractivity contribution < 1.29 is 39.0 Å². The number of benzene rings is 1. The number of hydrogen-bond donors (Lipinski definition) is 3. The van der Waals surface area contributed by atoms with Crippen LogP contribution in [0.25, 0.3) is 0 Å². The number of ether oxygens (including phenoxy) is 5. The lowest BCUT2D eigenvalue weighted by molar-refractivity contribution is -0.454. The molecule has 8 nitrogen and oxygen atoms in total. The maximum atomic E-state index is 11.2. The van der Waals surface area contributed by atoms with Gasteiger partial charge in [0.2, 0.25) is 5.79 Å². The van der Waals surface area contributed by atoms with E-state index in [0.717, 1.165) is 0 Å². The molecule has 3 aliphatic rings. The van der Waals surface area contributed by atoms with Crippen LogP contribution in [-0.4, -0.2) is 71.4 Å². The summed E-state index contributed by atoms with van der Waals surface area (Å²) < 4.78 is 27.8. The van der Waals surface area contributed by atoms with Crippen LogP contribution >= 0.6 is 0 Å². The Labute approximate surface area is 151 Å². The first-order valence-electron chi connectivity index (χ1n) is 8.72. The van der Waals surface area contributed by atoms with Crippen molar-refractivity contribution in [3.8, 4) is 5.75 Å². The number of aliphatic hydroxyl groups excluding tert-OH is 2. The van der Waals surface area contributed by atoms with E-state index in [-0.39, 0.29) is 6.10 Å². The predicted octanol–water partition coefficient (Wildman–Crippen LogP) is -0.119. The summed E-state index contributed by atoms with van der Waals surface area (Å²) >= 11 is 0. The summed E-state index contributed by atoms with van der Waals surface area (Å²) in [5, 5.41) is 31.5. The molecule has 8 heteroatoms. The molecule has 1 aromatic rings. The van der Waals surface area contributed by atoms with Gasteiger partial charge in [-0.2, -0.15) is 0 Å². The fraction of sp³-hybridized carbons (Fsp3) is 0.667. The Kier molecular flexibility index (Phi) is 4.47. The molecule has 3 N–H and O–H groups in total. The average Bonchev–Trinajstić information content (AvgIpc) is 3.43. The third kappa shape index (κ3) is 3.22. The second-order valence-electron chi connectivity index (χ2n) is 7.34. The zero-order chi connectivity index (χ0) is 18.5. The van der Waals surface area contributed by atoms with Gasteiger partial charge in [0.1, 0.15) is 42.9 Å². The molecular formula is C18H24O8. The zero-order valence-electron chi connectivity index (χ0n) is 14.7. The van der Waals surface area contributed by atoms with E-state index >= 15 is 0 Å². The fourth-order valence-electron chi connectivity index (χ4n) is 3.46. The van der Waals surface area contributed by atoms with Crippen molar-refractivity contribution in [2.45, 2.75) is 55.9 Å². The quantitative estimate of drug-likeness (QED) is 0.617. The summed E-state index contributed by atoms with van der Waals surface area (Å²) in [6, 6.07) is 6.71. The number of aliphatic hydroxyl groups is 3. The van der Waals surface area contributed by atoms with Gasteiger partial charge in [0.05, 0.1) is 13.2 Å². The van der Waals surface area contributed by atoms with Gasteiger partial charge in [0.25, 0.3) is 0 Å². The molecule has 0 amide bonds. The SMILES string of the molecule is CC1(C)O[C@H]2[C@H](O)[C@@H](O1)[C@@](O)(c1ccc(OCC3CO3)cc1)O[C@@H]2CO. The van der Waals surface area contributed by atoms with E-state index in [1.54, 1.807) is 38.1 Å². The molecule has 1 aromatic carbocycles. The van der Waals surface area contributed by atoms with Gasteiger partial charge >= 0.3 is 0 Å². The third-order valence-electron chi connectivity index (χ3n) is 4.85. The molecule has 3 heterocycles. The van der Waals surface area contributed by atoms with Crippen LogP contribution in [0.2, 0.25) is 0 Å². The van der Waals surface area contributed by atoms with Crippen molar-refractivity contribution in [2.24, 2.45) is 0 Å². The van der Waals surface area contributed by atoms with Crippen molar-refractivity contribution >= 4 is 0 Å². The van der Waals surface area contributed by atoms with Gasteiger partial charge in [-0.15, -0.1) is 0 Å². The van der Waals surface area contributed by atoms with Crippen LogP contribution in [0.1, 0.15) is 19.4 Å². The molecule has 2 bridgehead atoms. The predicted molar refractivity (Wildman–Crippen MR) is 87.4 cm³/mol. The summed E-state index contributed by atoms with van der Waals surface area (Å²) in [6.07, 6.45) is -3.75. The van der Waals surface area contributed by atoms with Crippen molar-refractivity contribution in [3.05, 3.63) is 29.8 Å². The Balaban J connectivity index is 1.60. The van der Waals surface area contributed by atoms with Crippen molar-refractivity contribution in [1.29, 1.82) is 0 Å². The standard InChI is InChI=1S/C18H24O8/c1-17(2)25-15-13(7-19)24-18(21,16(26-17)14(15)20)10-3-5-11(6-4-10)22-8-12-9-23-12/h3-6,12-16,19-21H,7-9H2,1-2H3/t12?,13-,14+,15-,16-,18-/m1/s1. The van der Waals surface area contributed by atoms with E-state index in [1.165, 1.54) is 0 Å². The van der Waals surface area contributed by atoms with E-state index in [9.17, 15) is 15.3 Å². The van der Waals surface area contributed by atoms with Gasteiger partial charge in [0.15, 0.2) is 5.79 Å². The molecule has 3 fully saturated rings. The molecular weight excluding hydrogens is 344 g/mol. The van der Waals surface area contributed by atoms with E-state index < -0.39 is 42.6 Å². The highest BCUT2D eigenvalue weighted by Gasteiger charge is 2.61. The minimum absolute atomic E-state index is 0.149. The highest BCUT2D eigenvalue weighted by Crippen LogP contribution is 2.45. The average molecular weight is 368 g/mol. The van der Waals surface area contributed by atoms with Crippen LogP contribution in [0, 0.1) is 0 Å². The molecule has 1 unspecified atom stereocenters. The lowest BCUT2D eigenvalue weighted by Gasteiger charge is -2.55. The molecule has 0 saturated carbocycles. The number of rotatable bonds is 5. The second kappa shape index (κ2) is 6.42. The minimum atomic E-state index is -1.93. The van der Waals surface area contributed by atoms with Crippen LogP contribution in [-0.2, 0) is 24.7 Å². The normalized spacial score (nSPS) is 40.9. The lowest BCUT2D eigenvalue weighted by Crippen LogP contribution is -2.71. The van der Waals surface area contributed by atoms with Crippen LogP contribution in [0.5, 0.6) is 5.75 Å². The van der Waals surface area contributed by atoms with Crippen molar-refractivity contribution in [1.82, 2.24) is 0 Å². The van der Waals surface area contributed by atoms with Gasteiger partial charge < -0.3 is 39.0 Å². The number of fused-ring (bicyclic) bond motifs is 2. The lowest BCUT2D eigenvalue weighted by atomic mass is 9.86. The molecule has 3 aliphatic heterocycles. The Bertz CT molecular complexity index is 641. The fourth-order valence-corrected chi connectivity index (χ4v) is 3.46. The number of hydrogen-bond acceptors (Lipinski definition) is 8. The molecule has 0 aliphatic carbocycles. The summed E-state index contributed by atoms with van der Waals surface area (Å²) in [6.45, 7) is 4.16. The van der Waals surface area contributed by atoms with E-state index in [1.807, 2.05) is 0 Å². The summed E-state index contributed by atoms with van der Waals surface area (Å²) in [7, 11) is 0. The van der Waals surface area contributed by atoms with Gasteiger partial charge in [-0.3, -0.25) is 0 Å². The van der Waals surface area contributed by atoms with Crippen LogP contribution < -0.4 is 4.74 Å². The second-order valence-corrected chi connectivity index (χ2v) is 7.34. The van der Waals surface area contributed by atoms with Gasteiger partial charge in [-0.25, -0.2) is 0 Å². The highest BCUT2D eigenvalue weighted by atomic mass is 16.8. The summed E-state index contributed by atoms with van der Waals surface area (Å²) in [5.41, 5.74) is 0.395. The third-order valence-corrected chi connectivity index (χ3v) is 4.85. The van der Waals surface area contributed by atoms with Gasteiger partial charge in [-0.05, 0) is 38.1 Å². The molecule has 144 valence electrons. The molecule has 6 atom stereocenters. The Morgan fingerprint density at radius 2 is 1.85 bits per heavy atom. The van der Waals surface area contributed by atoms with Crippen molar-refractivity contribution in [2.75, 3.05) is 19.8 Å². The van der Waals surface area contributed by atoms with E-state index in [4.69, 9.17) is 23.7 Å². The molecule has 0 spiro atoms. The smallest absolute Gasteiger partial charge is 0.222 e. The van der Waals surface area contributed by atoms with Gasteiger partial charge in [-0.1, -0.05) is 0 Å². The Hall–Kier alpha value is -1.26. The molecule has 0 radical (unpaired) electrons. The zero-order valence-corrected chi connectivity index (χ0v) is 14.7. The Morgan fingerprint density at radius 1 is 1.15 bits per heavy atom. The first kappa shape index (κ1) is 18.1. The summed E-state index contributed by atoms with van der Waals surface area (Å²) in [4.78, 5) is 0. The first-order valence-corrected chi connectivity index (χ1v) is 8.72.